The van der Waals surface area contributed by atoms with Crippen molar-refractivity contribution in [3.63, 3.8) is 0 Å². The normalized spacial score (nSPS) is 10.8. The zero-order valence-corrected chi connectivity index (χ0v) is 10.5. The number of nitrogens with zero attached hydrogens (tertiary/aromatic N) is 1. The summed E-state index contributed by atoms with van der Waals surface area (Å²) in [6, 6.07) is 5.31. The van der Waals surface area contributed by atoms with Gasteiger partial charge in [0.25, 0.3) is 5.69 Å². The van der Waals surface area contributed by atoms with E-state index in [2.05, 4.69) is 5.32 Å². The van der Waals surface area contributed by atoms with Crippen molar-refractivity contribution >= 4 is 23.3 Å². The highest BCUT2D eigenvalue weighted by atomic mass is 16.6. The summed E-state index contributed by atoms with van der Waals surface area (Å²) < 4.78 is 0. The van der Waals surface area contributed by atoms with Gasteiger partial charge in [-0.15, -0.1) is 0 Å². The molecule has 0 saturated carbocycles. The van der Waals surface area contributed by atoms with E-state index in [1.54, 1.807) is 0 Å². The van der Waals surface area contributed by atoms with E-state index in [-0.39, 0.29) is 12.1 Å². The smallest absolute Gasteiger partial charge is 0.309 e. The second-order valence-electron chi connectivity index (χ2n) is 4.72. The molecule has 0 heterocycles. The van der Waals surface area contributed by atoms with Gasteiger partial charge in [-0.2, -0.15) is 0 Å². The molecule has 7 heteroatoms. The summed E-state index contributed by atoms with van der Waals surface area (Å²) in [4.78, 5) is 32.4. The van der Waals surface area contributed by atoms with Gasteiger partial charge in [0.05, 0.1) is 10.3 Å². The Labute approximate surface area is 109 Å². The van der Waals surface area contributed by atoms with Crippen LogP contribution in [-0.2, 0) is 9.59 Å². The Morgan fingerprint density at radius 3 is 2.26 bits per heavy atom. The van der Waals surface area contributed by atoms with Crippen molar-refractivity contribution in [1.82, 2.24) is 0 Å². The lowest BCUT2D eigenvalue weighted by Gasteiger charge is -2.18. The summed E-state index contributed by atoms with van der Waals surface area (Å²) in [7, 11) is 0. The van der Waals surface area contributed by atoms with Gasteiger partial charge in [-0.25, -0.2) is 0 Å². The molecular weight excluding hydrogens is 252 g/mol. The van der Waals surface area contributed by atoms with Crippen molar-refractivity contribution < 1.29 is 19.6 Å². The van der Waals surface area contributed by atoms with E-state index in [4.69, 9.17) is 5.11 Å². The standard InChI is InChI=1S/C12H14N2O5/c1-12(2,11(16)17)7-10(15)13-8-3-5-9(6-4-8)14(18)19/h3-6H,7H2,1-2H3,(H,13,15)(H,16,17). The Morgan fingerprint density at radius 1 is 1.32 bits per heavy atom. The Balaban J connectivity index is 2.67. The molecule has 2 N–H and O–H groups in total. The highest BCUT2D eigenvalue weighted by molar-refractivity contribution is 5.94. The van der Waals surface area contributed by atoms with Gasteiger partial charge < -0.3 is 10.4 Å². The molecule has 102 valence electrons. The van der Waals surface area contributed by atoms with Crippen molar-refractivity contribution in [1.29, 1.82) is 0 Å². The first kappa shape index (κ1) is 14.6. The minimum atomic E-state index is -1.16. The number of rotatable bonds is 5. The molecule has 0 aromatic heterocycles. The van der Waals surface area contributed by atoms with Gasteiger partial charge in [0, 0.05) is 24.2 Å². The molecule has 0 aliphatic carbocycles. The zero-order valence-electron chi connectivity index (χ0n) is 10.5. The van der Waals surface area contributed by atoms with E-state index in [9.17, 15) is 19.7 Å². The largest absolute Gasteiger partial charge is 0.481 e. The first-order chi connectivity index (χ1) is 8.72. The molecule has 0 saturated heterocycles. The first-order valence-corrected chi connectivity index (χ1v) is 5.50. The van der Waals surface area contributed by atoms with Crippen LogP contribution in [0.1, 0.15) is 20.3 Å². The van der Waals surface area contributed by atoms with Crippen molar-refractivity contribution in [2.75, 3.05) is 5.32 Å². The van der Waals surface area contributed by atoms with Gasteiger partial charge in [0.1, 0.15) is 0 Å². The van der Waals surface area contributed by atoms with Gasteiger partial charge in [-0.3, -0.25) is 19.7 Å². The van der Waals surface area contributed by atoms with Crippen LogP contribution in [-0.4, -0.2) is 21.9 Å². The lowest BCUT2D eigenvalue weighted by Crippen LogP contribution is -2.29. The maximum Gasteiger partial charge on any atom is 0.309 e. The van der Waals surface area contributed by atoms with Crippen LogP contribution < -0.4 is 5.32 Å². The minimum Gasteiger partial charge on any atom is -0.481 e. The van der Waals surface area contributed by atoms with E-state index < -0.39 is 22.2 Å². The number of aliphatic carboxylic acids is 1. The van der Waals surface area contributed by atoms with E-state index in [0.717, 1.165) is 0 Å². The van der Waals surface area contributed by atoms with Gasteiger partial charge >= 0.3 is 5.97 Å². The quantitative estimate of drug-likeness (QED) is 0.626. The molecule has 0 aliphatic rings. The Kier molecular flexibility index (Phi) is 4.21. The summed E-state index contributed by atoms with van der Waals surface area (Å²) in [6.45, 7) is 2.90. The topological polar surface area (TPSA) is 110 Å². The average Bonchev–Trinajstić information content (AvgIpc) is 2.28. The third kappa shape index (κ3) is 4.06. The maximum atomic E-state index is 11.6. The Bertz CT molecular complexity index is 507. The summed E-state index contributed by atoms with van der Waals surface area (Å²) in [5.41, 5.74) is -0.856. The van der Waals surface area contributed by atoms with E-state index >= 15 is 0 Å². The number of carboxylic acid groups (broad SMARTS) is 1. The summed E-state index contributed by atoms with van der Waals surface area (Å²) in [5, 5.41) is 21.8. The summed E-state index contributed by atoms with van der Waals surface area (Å²) in [6.07, 6.45) is -0.181. The predicted molar refractivity (Wildman–Crippen MR) is 67.8 cm³/mol. The SMILES string of the molecule is CC(C)(CC(=O)Nc1ccc([N+](=O)[O-])cc1)C(=O)O. The van der Waals surface area contributed by atoms with E-state index in [1.807, 2.05) is 0 Å². The molecule has 0 aliphatic heterocycles. The first-order valence-electron chi connectivity index (χ1n) is 5.50. The van der Waals surface area contributed by atoms with Crippen molar-refractivity contribution in [2.24, 2.45) is 5.41 Å². The minimum absolute atomic E-state index is 0.0798. The van der Waals surface area contributed by atoms with Gasteiger partial charge in [-0.05, 0) is 26.0 Å². The van der Waals surface area contributed by atoms with E-state index in [0.29, 0.717) is 5.69 Å². The number of carbonyl (C=O) groups is 2. The number of nitro groups is 1. The van der Waals surface area contributed by atoms with Gasteiger partial charge in [0.2, 0.25) is 5.91 Å². The molecular formula is C12H14N2O5. The number of nitrogens with one attached hydrogen (secondary N) is 1. The molecule has 1 aromatic rings. The van der Waals surface area contributed by atoms with Crippen molar-refractivity contribution in [2.45, 2.75) is 20.3 Å². The number of non-ortho nitro benzene ring substituents is 1. The number of carbonyl (C=O) groups excluding carboxylic acids is 1. The highest BCUT2D eigenvalue weighted by Crippen LogP contribution is 2.22. The third-order valence-electron chi connectivity index (χ3n) is 2.54. The predicted octanol–water partition coefficient (Wildman–Crippen LogP) is 2.03. The molecule has 0 fully saturated rings. The Morgan fingerprint density at radius 2 is 1.84 bits per heavy atom. The third-order valence-corrected chi connectivity index (χ3v) is 2.54. The monoisotopic (exact) mass is 266 g/mol. The number of benzene rings is 1. The van der Waals surface area contributed by atoms with Crippen molar-refractivity contribution in [3.05, 3.63) is 34.4 Å². The van der Waals surface area contributed by atoms with Crippen LogP contribution in [0, 0.1) is 15.5 Å². The molecule has 0 atom stereocenters. The average molecular weight is 266 g/mol. The summed E-state index contributed by atoms with van der Waals surface area (Å²) in [5.74, 6) is -1.52. The van der Waals surface area contributed by atoms with Crippen molar-refractivity contribution in [3.8, 4) is 0 Å². The molecule has 0 radical (unpaired) electrons. The van der Waals surface area contributed by atoms with Crippen LogP contribution >= 0.6 is 0 Å². The molecule has 19 heavy (non-hydrogen) atoms. The van der Waals surface area contributed by atoms with Crippen LogP contribution in [0.2, 0.25) is 0 Å². The zero-order chi connectivity index (χ0) is 14.6. The number of hydrogen-bond acceptors (Lipinski definition) is 4. The van der Waals surface area contributed by atoms with Crippen LogP contribution in [0.25, 0.3) is 0 Å². The second-order valence-corrected chi connectivity index (χ2v) is 4.72. The fourth-order valence-corrected chi connectivity index (χ4v) is 1.35. The number of hydrogen-bond donors (Lipinski definition) is 2. The van der Waals surface area contributed by atoms with Gasteiger partial charge in [0.15, 0.2) is 0 Å². The van der Waals surface area contributed by atoms with Crippen LogP contribution in [0.15, 0.2) is 24.3 Å². The second kappa shape index (κ2) is 5.47. The molecule has 0 spiro atoms. The Hall–Kier alpha value is -2.44. The van der Waals surface area contributed by atoms with Crippen LogP contribution in [0.5, 0.6) is 0 Å². The van der Waals surface area contributed by atoms with Gasteiger partial charge in [-0.1, -0.05) is 0 Å². The maximum absolute atomic E-state index is 11.6. The van der Waals surface area contributed by atoms with Crippen LogP contribution in [0.3, 0.4) is 0 Å². The fourth-order valence-electron chi connectivity index (χ4n) is 1.35. The molecule has 1 amide bonds. The molecule has 1 aromatic carbocycles. The lowest BCUT2D eigenvalue weighted by atomic mass is 9.89. The highest BCUT2D eigenvalue weighted by Gasteiger charge is 2.30. The molecule has 7 nitrogen and oxygen atoms in total. The lowest BCUT2D eigenvalue weighted by molar-refractivity contribution is -0.384. The number of carboxylic acids is 1. The molecule has 0 unspecified atom stereocenters. The molecule has 1 rings (SSSR count). The number of amides is 1. The summed E-state index contributed by atoms with van der Waals surface area (Å²) >= 11 is 0. The number of nitro benzene ring substituents is 1. The number of anilines is 1. The fraction of sp³-hybridized carbons (Fsp3) is 0.333. The van der Waals surface area contributed by atoms with E-state index in [1.165, 1.54) is 38.1 Å². The van der Waals surface area contributed by atoms with Crippen LogP contribution in [0.4, 0.5) is 11.4 Å². The molecule has 0 bridgehead atoms.